The number of nitrogens with zero attached hydrogens (tertiary/aromatic N) is 2. The Morgan fingerprint density at radius 2 is 2.10 bits per heavy atom. The summed E-state index contributed by atoms with van der Waals surface area (Å²) in [4.78, 5) is 13.1. The molecular weight excluding hydrogens is 299 g/mol. The summed E-state index contributed by atoms with van der Waals surface area (Å²) in [6.45, 7) is 5.48. The monoisotopic (exact) mass is 316 g/mol. The van der Waals surface area contributed by atoms with E-state index in [1.165, 1.54) is 17.0 Å². The minimum Gasteiger partial charge on any atom is -0.444 e. The van der Waals surface area contributed by atoms with Gasteiger partial charge in [0.15, 0.2) is 5.17 Å². The van der Waals surface area contributed by atoms with Crippen LogP contribution in [0.3, 0.4) is 0 Å². The summed E-state index contributed by atoms with van der Waals surface area (Å²) in [6.07, 6.45) is -0.498. The average molecular weight is 317 g/mol. The van der Waals surface area contributed by atoms with E-state index in [2.05, 4.69) is 5.16 Å². The molecular formula is C14H18ClFN2O3. The molecule has 1 rings (SSSR count). The molecule has 0 aliphatic rings. The quantitative estimate of drug-likeness (QED) is 0.527. The fraction of sp³-hybridized carbons (Fsp3) is 0.429. The van der Waals surface area contributed by atoms with Crippen LogP contribution < -0.4 is 0 Å². The predicted octanol–water partition coefficient (Wildman–Crippen LogP) is 3.57. The second-order valence-electron chi connectivity index (χ2n) is 5.54. The lowest BCUT2D eigenvalue weighted by molar-refractivity contribution is 0.0285. The maximum absolute atomic E-state index is 13.8. The summed E-state index contributed by atoms with van der Waals surface area (Å²) < 4.78 is 19.0. The van der Waals surface area contributed by atoms with Crippen LogP contribution in [0.2, 0.25) is 0 Å². The summed E-state index contributed by atoms with van der Waals surface area (Å²) in [6, 6.07) is 4.20. The van der Waals surface area contributed by atoms with E-state index < -0.39 is 17.5 Å². The summed E-state index contributed by atoms with van der Waals surface area (Å²) >= 11 is 5.55. The Labute approximate surface area is 127 Å². The Balaban J connectivity index is 2.80. The number of benzene rings is 1. The van der Waals surface area contributed by atoms with Gasteiger partial charge in [0.25, 0.3) is 0 Å². The number of carbonyl (C=O) groups excluding carboxylic acids is 1. The molecule has 0 bridgehead atoms. The van der Waals surface area contributed by atoms with Gasteiger partial charge in [0.1, 0.15) is 11.4 Å². The van der Waals surface area contributed by atoms with E-state index in [0.717, 1.165) is 0 Å². The Morgan fingerprint density at radius 3 is 2.57 bits per heavy atom. The van der Waals surface area contributed by atoms with Crippen LogP contribution in [0.1, 0.15) is 31.9 Å². The molecule has 0 unspecified atom stereocenters. The van der Waals surface area contributed by atoms with Crippen molar-refractivity contribution < 1.29 is 19.1 Å². The van der Waals surface area contributed by atoms with E-state index in [-0.39, 0.29) is 17.3 Å². The molecule has 0 aliphatic heterocycles. The normalized spacial score (nSPS) is 12.2. The third kappa shape index (κ3) is 5.23. The molecule has 7 heteroatoms. The SMILES string of the molecule is CN(Cc1ccc(/C(Cl)=N\O)c(F)c1)C(=O)OC(C)(C)C. The first kappa shape index (κ1) is 17.2. The number of halogens is 2. The van der Waals surface area contributed by atoms with Gasteiger partial charge in [-0.1, -0.05) is 22.8 Å². The Morgan fingerprint density at radius 1 is 1.48 bits per heavy atom. The third-order valence-electron chi connectivity index (χ3n) is 2.47. The van der Waals surface area contributed by atoms with Crippen molar-refractivity contribution in [3.63, 3.8) is 0 Å². The lowest BCUT2D eigenvalue weighted by Gasteiger charge is -2.24. The molecule has 0 radical (unpaired) electrons. The number of hydrogen-bond acceptors (Lipinski definition) is 4. The summed E-state index contributed by atoms with van der Waals surface area (Å²) in [5.74, 6) is -0.632. The molecule has 0 aliphatic carbocycles. The van der Waals surface area contributed by atoms with Crippen molar-refractivity contribution in [3.05, 3.63) is 35.1 Å². The smallest absolute Gasteiger partial charge is 0.410 e. The molecule has 0 heterocycles. The molecule has 1 amide bonds. The number of oxime groups is 1. The molecule has 116 valence electrons. The highest BCUT2D eigenvalue weighted by atomic mass is 35.5. The maximum atomic E-state index is 13.8. The topological polar surface area (TPSA) is 62.1 Å². The van der Waals surface area contributed by atoms with E-state index in [9.17, 15) is 9.18 Å². The van der Waals surface area contributed by atoms with Gasteiger partial charge in [-0.25, -0.2) is 9.18 Å². The number of ether oxygens (including phenoxy) is 1. The molecule has 1 aromatic carbocycles. The van der Waals surface area contributed by atoms with E-state index in [0.29, 0.717) is 5.56 Å². The van der Waals surface area contributed by atoms with Crippen LogP contribution in [0.15, 0.2) is 23.4 Å². The summed E-state index contributed by atoms with van der Waals surface area (Å²) in [5.41, 5.74) is -0.0409. The minimum atomic E-state index is -0.632. The van der Waals surface area contributed by atoms with Gasteiger partial charge in [0.2, 0.25) is 0 Å². The Kier molecular flexibility index (Phi) is 5.54. The van der Waals surface area contributed by atoms with Crippen LogP contribution in [-0.2, 0) is 11.3 Å². The van der Waals surface area contributed by atoms with Crippen molar-refractivity contribution in [2.24, 2.45) is 5.16 Å². The van der Waals surface area contributed by atoms with Gasteiger partial charge in [0, 0.05) is 13.6 Å². The first-order chi connectivity index (χ1) is 9.64. The summed E-state index contributed by atoms with van der Waals surface area (Å²) in [7, 11) is 1.56. The molecule has 1 aromatic rings. The molecule has 0 spiro atoms. The van der Waals surface area contributed by atoms with Crippen molar-refractivity contribution in [3.8, 4) is 0 Å². The highest BCUT2D eigenvalue weighted by Gasteiger charge is 2.20. The predicted molar refractivity (Wildman–Crippen MR) is 78.3 cm³/mol. The second kappa shape index (κ2) is 6.76. The lowest BCUT2D eigenvalue weighted by Crippen LogP contribution is -2.33. The van der Waals surface area contributed by atoms with Gasteiger partial charge in [-0.05, 0) is 38.5 Å². The summed E-state index contributed by atoms with van der Waals surface area (Å²) in [5, 5.41) is 10.9. The average Bonchev–Trinajstić information content (AvgIpc) is 2.36. The van der Waals surface area contributed by atoms with Gasteiger partial charge >= 0.3 is 6.09 Å². The molecule has 0 saturated heterocycles. The molecule has 21 heavy (non-hydrogen) atoms. The molecule has 0 fully saturated rings. The molecule has 0 aromatic heterocycles. The van der Waals surface area contributed by atoms with Gasteiger partial charge in [-0.3, -0.25) is 0 Å². The minimum absolute atomic E-state index is 0.0113. The standard InChI is InChI=1S/C14H18ClFN2O3/c1-14(2,3)21-13(19)18(4)8-9-5-6-10(11(16)7-9)12(15)17-20/h5-7,20H,8H2,1-4H3/b17-12+. The first-order valence-electron chi connectivity index (χ1n) is 6.24. The van der Waals surface area contributed by atoms with Crippen LogP contribution in [0.25, 0.3) is 0 Å². The van der Waals surface area contributed by atoms with E-state index >= 15 is 0 Å². The van der Waals surface area contributed by atoms with Crippen molar-refractivity contribution in [1.29, 1.82) is 0 Å². The van der Waals surface area contributed by atoms with Crippen molar-refractivity contribution >= 4 is 22.9 Å². The van der Waals surface area contributed by atoms with Crippen LogP contribution in [0.4, 0.5) is 9.18 Å². The number of rotatable bonds is 3. The van der Waals surface area contributed by atoms with Gasteiger partial charge in [0.05, 0.1) is 5.56 Å². The van der Waals surface area contributed by atoms with Gasteiger partial charge in [-0.2, -0.15) is 0 Å². The van der Waals surface area contributed by atoms with E-state index in [1.54, 1.807) is 33.9 Å². The zero-order valence-corrected chi connectivity index (χ0v) is 13.1. The molecule has 1 N–H and O–H groups in total. The molecule has 5 nitrogen and oxygen atoms in total. The fourth-order valence-corrected chi connectivity index (χ4v) is 1.71. The lowest BCUT2D eigenvalue weighted by atomic mass is 10.1. The van der Waals surface area contributed by atoms with Crippen LogP contribution in [0.5, 0.6) is 0 Å². The fourth-order valence-electron chi connectivity index (χ4n) is 1.56. The number of carbonyl (C=O) groups is 1. The zero-order chi connectivity index (χ0) is 16.2. The van der Waals surface area contributed by atoms with Gasteiger partial charge in [-0.15, -0.1) is 0 Å². The Bertz CT molecular complexity index is 556. The molecule has 0 saturated carbocycles. The van der Waals surface area contributed by atoms with Crippen molar-refractivity contribution in [2.75, 3.05) is 7.05 Å². The maximum Gasteiger partial charge on any atom is 0.410 e. The van der Waals surface area contributed by atoms with E-state index in [1.807, 2.05) is 0 Å². The van der Waals surface area contributed by atoms with Crippen molar-refractivity contribution in [1.82, 2.24) is 4.90 Å². The molecule has 0 atom stereocenters. The third-order valence-corrected chi connectivity index (χ3v) is 2.75. The van der Waals surface area contributed by atoms with Gasteiger partial charge < -0.3 is 14.8 Å². The van der Waals surface area contributed by atoms with Crippen LogP contribution >= 0.6 is 11.6 Å². The highest BCUT2D eigenvalue weighted by Crippen LogP contribution is 2.16. The Hall–Kier alpha value is -1.82. The highest BCUT2D eigenvalue weighted by molar-refractivity contribution is 6.69. The zero-order valence-electron chi connectivity index (χ0n) is 12.4. The van der Waals surface area contributed by atoms with Crippen molar-refractivity contribution in [2.45, 2.75) is 32.9 Å². The second-order valence-corrected chi connectivity index (χ2v) is 5.90. The van der Waals surface area contributed by atoms with E-state index in [4.69, 9.17) is 21.5 Å². The van der Waals surface area contributed by atoms with Crippen LogP contribution in [0, 0.1) is 5.82 Å². The van der Waals surface area contributed by atoms with Crippen LogP contribution in [-0.4, -0.2) is 34.0 Å². The number of hydrogen-bond donors (Lipinski definition) is 1. The largest absolute Gasteiger partial charge is 0.444 e. The first-order valence-corrected chi connectivity index (χ1v) is 6.62. The number of amides is 1.